The topological polar surface area (TPSA) is 113 Å². The molecule has 0 aromatic heterocycles. The molecule has 24 heavy (non-hydrogen) atoms. The SMILES string of the molecule is CC(C)C[C@@H](O)C(=O)N[C@@H](CC(=O)OCc1ccccc1)C(=O)O. The lowest BCUT2D eigenvalue weighted by Gasteiger charge is -2.17. The molecule has 2 atom stereocenters. The summed E-state index contributed by atoms with van der Waals surface area (Å²) >= 11 is 0. The molecule has 0 fully saturated rings. The molecule has 0 saturated carbocycles. The molecule has 1 rings (SSSR count). The van der Waals surface area contributed by atoms with Gasteiger partial charge in [0.1, 0.15) is 18.8 Å². The Morgan fingerprint density at radius 2 is 1.79 bits per heavy atom. The van der Waals surface area contributed by atoms with Gasteiger partial charge >= 0.3 is 11.9 Å². The first kappa shape index (κ1) is 19.6. The summed E-state index contributed by atoms with van der Waals surface area (Å²) in [6.07, 6.45) is -1.62. The van der Waals surface area contributed by atoms with Crippen LogP contribution in [-0.2, 0) is 25.7 Å². The predicted molar refractivity (Wildman–Crippen MR) is 85.9 cm³/mol. The fourth-order valence-electron chi connectivity index (χ4n) is 1.99. The van der Waals surface area contributed by atoms with Gasteiger partial charge in [0.05, 0.1) is 6.42 Å². The molecular formula is C17H23NO6. The number of esters is 1. The molecule has 0 bridgehead atoms. The van der Waals surface area contributed by atoms with Crippen molar-refractivity contribution in [1.29, 1.82) is 0 Å². The van der Waals surface area contributed by atoms with Crippen molar-refractivity contribution in [1.82, 2.24) is 5.32 Å². The highest BCUT2D eigenvalue weighted by atomic mass is 16.5. The van der Waals surface area contributed by atoms with E-state index in [2.05, 4.69) is 5.32 Å². The number of hydrogen-bond acceptors (Lipinski definition) is 5. The molecule has 7 nitrogen and oxygen atoms in total. The minimum atomic E-state index is -1.44. The summed E-state index contributed by atoms with van der Waals surface area (Å²) in [6.45, 7) is 3.67. The lowest BCUT2D eigenvalue weighted by atomic mass is 10.1. The molecule has 132 valence electrons. The molecule has 3 N–H and O–H groups in total. The van der Waals surface area contributed by atoms with Crippen LogP contribution in [0, 0.1) is 5.92 Å². The van der Waals surface area contributed by atoms with E-state index in [1.165, 1.54) is 0 Å². The summed E-state index contributed by atoms with van der Waals surface area (Å²) in [5.41, 5.74) is 0.772. The number of carboxylic acids is 1. The van der Waals surface area contributed by atoms with E-state index < -0.39 is 36.4 Å². The number of benzene rings is 1. The quantitative estimate of drug-likeness (QED) is 0.582. The maximum absolute atomic E-state index is 11.8. The van der Waals surface area contributed by atoms with Gasteiger partial charge in [-0.3, -0.25) is 9.59 Å². The monoisotopic (exact) mass is 337 g/mol. The number of aliphatic carboxylic acids is 1. The number of carbonyl (C=O) groups is 3. The van der Waals surface area contributed by atoms with Crippen LogP contribution in [0.5, 0.6) is 0 Å². The molecule has 1 aromatic rings. The molecule has 0 unspecified atom stereocenters. The van der Waals surface area contributed by atoms with E-state index in [0.29, 0.717) is 0 Å². The van der Waals surface area contributed by atoms with Crippen molar-refractivity contribution in [3.05, 3.63) is 35.9 Å². The van der Waals surface area contributed by atoms with Crippen LogP contribution in [0.3, 0.4) is 0 Å². The molecule has 0 aliphatic carbocycles. The largest absolute Gasteiger partial charge is 0.480 e. The lowest BCUT2D eigenvalue weighted by molar-refractivity contribution is -0.151. The van der Waals surface area contributed by atoms with Crippen LogP contribution in [0.1, 0.15) is 32.3 Å². The van der Waals surface area contributed by atoms with Crippen molar-refractivity contribution in [2.24, 2.45) is 5.92 Å². The fraction of sp³-hybridized carbons (Fsp3) is 0.471. The van der Waals surface area contributed by atoms with Crippen LogP contribution < -0.4 is 5.32 Å². The first-order valence-electron chi connectivity index (χ1n) is 7.70. The highest BCUT2D eigenvalue weighted by Gasteiger charge is 2.27. The molecule has 7 heteroatoms. The van der Waals surface area contributed by atoms with Gasteiger partial charge in [-0.15, -0.1) is 0 Å². The standard InChI is InChI=1S/C17H23NO6/c1-11(2)8-14(19)16(21)18-13(17(22)23)9-15(20)24-10-12-6-4-3-5-7-12/h3-7,11,13-14,19H,8-10H2,1-2H3,(H,18,21)(H,22,23)/t13-,14+/m0/s1. The Labute approximate surface area is 140 Å². The summed E-state index contributed by atoms with van der Waals surface area (Å²) in [5, 5.41) is 21.0. The minimum Gasteiger partial charge on any atom is -0.480 e. The van der Waals surface area contributed by atoms with E-state index in [4.69, 9.17) is 9.84 Å². The highest BCUT2D eigenvalue weighted by Crippen LogP contribution is 2.07. The predicted octanol–water partition coefficient (Wildman–Crippen LogP) is 1.10. The minimum absolute atomic E-state index is 0.0237. The molecule has 0 aliphatic heterocycles. The Morgan fingerprint density at radius 1 is 1.17 bits per heavy atom. The summed E-state index contributed by atoms with van der Waals surface area (Å²) < 4.78 is 5.00. The summed E-state index contributed by atoms with van der Waals surface area (Å²) in [5.74, 6) is -2.85. The van der Waals surface area contributed by atoms with Crippen LogP contribution in [0.25, 0.3) is 0 Å². The van der Waals surface area contributed by atoms with E-state index >= 15 is 0 Å². The third-order valence-electron chi connectivity index (χ3n) is 3.23. The Hall–Kier alpha value is -2.41. The molecule has 0 aliphatic rings. The average molecular weight is 337 g/mol. The number of aliphatic hydroxyl groups is 1. The van der Waals surface area contributed by atoms with Crippen LogP contribution in [0.4, 0.5) is 0 Å². The van der Waals surface area contributed by atoms with Gasteiger partial charge in [0.15, 0.2) is 0 Å². The molecule has 1 amide bonds. The highest BCUT2D eigenvalue weighted by molar-refractivity contribution is 5.88. The fourth-order valence-corrected chi connectivity index (χ4v) is 1.99. The summed E-state index contributed by atoms with van der Waals surface area (Å²) in [7, 11) is 0. The lowest BCUT2D eigenvalue weighted by Crippen LogP contribution is -2.46. The van der Waals surface area contributed by atoms with Crippen LogP contribution in [0.2, 0.25) is 0 Å². The van der Waals surface area contributed by atoms with Crippen molar-refractivity contribution in [2.75, 3.05) is 0 Å². The van der Waals surface area contributed by atoms with Gasteiger partial charge in [0, 0.05) is 0 Å². The summed E-state index contributed by atoms with van der Waals surface area (Å²) in [4.78, 5) is 34.7. The number of rotatable bonds is 9. The van der Waals surface area contributed by atoms with E-state index in [1.54, 1.807) is 24.3 Å². The van der Waals surface area contributed by atoms with Crippen molar-refractivity contribution in [3.63, 3.8) is 0 Å². The maximum Gasteiger partial charge on any atom is 0.326 e. The molecule has 0 spiro atoms. The van der Waals surface area contributed by atoms with Gasteiger partial charge in [0.25, 0.3) is 0 Å². The van der Waals surface area contributed by atoms with E-state index in [1.807, 2.05) is 19.9 Å². The van der Waals surface area contributed by atoms with Gasteiger partial charge in [-0.2, -0.15) is 0 Å². The number of hydrogen-bond donors (Lipinski definition) is 3. The molecule has 1 aromatic carbocycles. The number of nitrogens with one attached hydrogen (secondary N) is 1. The Bertz CT molecular complexity index is 557. The van der Waals surface area contributed by atoms with Crippen LogP contribution >= 0.6 is 0 Å². The van der Waals surface area contributed by atoms with Gasteiger partial charge in [-0.1, -0.05) is 44.2 Å². The second kappa shape index (κ2) is 9.67. The molecule has 0 radical (unpaired) electrons. The van der Waals surface area contributed by atoms with Crippen molar-refractivity contribution in [2.45, 2.75) is 45.4 Å². The van der Waals surface area contributed by atoms with Crippen molar-refractivity contribution in [3.8, 4) is 0 Å². The van der Waals surface area contributed by atoms with E-state index in [-0.39, 0.29) is 18.9 Å². The van der Waals surface area contributed by atoms with Gasteiger partial charge in [-0.25, -0.2) is 4.79 Å². The first-order valence-corrected chi connectivity index (χ1v) is 7.70. The second-order valence-electron chi connectivity index (χ2n) is 5.90. The number of aliphatic hydroxyl groups excluding tert-OH is 1. The molecule has 0 heterocycles. The van der Waals surface area contributed by atoms with Crippen molar-refractivity contribution >= 4 is 17.8 Å². The zero-order valence-electron chi connectivity index (χ0n) is 13.8. The van der Waals surface area contributed by atoms with Gasteiger partial charge in [-0.05, 0) is 17.9 Å². The first-order chi connectivity index (χ1) is 11.3. The summed E-state index contributed by atoms with van der Waals surface area (Å²) in [6, 6.07) is 7.50. The van der Waals surface area contributed by atoms with E-state index in [9.17, 15) is 19.5 Å². The molecule has 0 saturated heterocycles. The Balaban J connectivity index is 2.51. The maximum atomic E-state index is 11.8. The zero-order chi connectivity index (χ0) is 18.1. The smallest absolute Gasteiger partial charge is 0.326 e. The van der Waals surface area contributed by atoms with Crippen LogP contribution in [0.15, 0.2) is 30.3 Å². The number of carboxylic acid groups (broad SMARTS) is 1. The number of carbonyl (C=O) groups excluding carboxylic acids is 2. The number of amides is 1. The third-order valence-corrected chi connectivity index (χ3v) is 3.23. The van der Waals surface area contributed by atoms with Gasteiger partial charge in [0.2, 0.25) is 5.91 Å². The normalized spacial score (nSPS) is 13.2. The Morgan fingerprint density at radius 3 is 2.33 bits per heavy atom. The Kier molecular flexibility index (Phi) is 7.91. The zero-order valence-corrected chi connectivity index (χ0v) is 13.8. The average Bonchev–Trinajstić information content (AvgIpc) is 2.52. The second-order valence-corrected chi connectivity index (χ2v) is 5.90. The van der Waals surface area contributed by atoms with Crippen molar-refractivity contribution < 1.29 is 29.3 Å². The number of ether oxygens (including phenoxy) is 1. The van der Waals surface area contributed by atoms with E-state index in [0.717, 1.165) is 5.56 Å². The molecular weight excluding hydrogens is 314 g/mol. The van der Waals surface area contributed by atoms with Gasteiger partial charge < -0.3 is 20.3 Å². The third kappa shape index (κ3) is 7.23. The van der Waals surface area contributed by atoms with Crippen LogP contribution in [-0.4, -0.2) is 40.2 Å².